The SMILES string of the molecule is O=c1cc(F)[nH]c(CBr)c1. The molecule has 10 heavy (non-hydrogen) atoms. The Morgan fingerprint density at radius 3 is 2.80 bits per heavy atom. The Kier molecular flexibility index (Phi) is 2.21. The van der Waals surface area contributed by atoms with Crippen molar-refractivity contribution in [2.24, 2.45) is 0 Å². The van der Waals surface area contributed by atoms with E-state index >= 15 is 0 Å². The van der Waals surface area contributed by atoms with E-state index in [0.717, 1.165) is 6.07 Å². The third kappa shape index (κ3) is 1.67. The zero-order chi connectivity index (χ0) is 7.56. The second-order valence-corrected chi connectivity index (χ2v) is 2.38. The average molecular weight is 206 g/mol. The maximum absolute atomic E-state index is 12.3. The van der Waals surface area contributed by atoms with Crippen LogP contribution < -0.4 is 5.43 Å². The van der Waals surface area contributed by atoms with E-state index in [1.165, 1.54) is 6.07 Å². The van der Waals surface area contributed by atoms with Gasteiger partial charge in [-0.1, -0.05) is 15.9 Å². The predicted molar refractivity (Wildman–Crippen MR) is 39.7 cm³/mol. The van der Waals surface area contributed by atoms with Crippen molar-refractivity contribution in [1.29, 1.82) is 0 Å². The average Bonchev–Trinajstić information content (AvgIpc) is 1.85. The maximum Gasteiger partial charge on any atom is 0.195 e. The number of aromatic amines is 1. The number of hydrogen-bond acceptors (Lipinski definition) is 1. The Bertz CT molecular complexity index is 283. The van der Waals surface area contributed by atoms with Gasteiger partial charge in [0.1, 0.15) is 0 Å². The maximum atomic E-state index is 12.3. The van der Waals surface area contributed by atoms with Gasteiger partial charge in [0.2, 0.25) is 0 Å². The number of hydrogen-bond donors (Lipinski definition) is 1. The molecular formula is C6H5BrFNO. The fourth-order valence-electron chi connectivity index (χ4n) is 0.636. The minimum Gasteiger partial charge on any atom is -0.335 e. The molecule has 0 aliphatic rings. The molecule has 0 unspecified atom stereocenters. The van der Waals surface area contributed by atoms with Gasteiger partial charge in [-0.15, -0.1) is 0 Å². The van der Waals surface area contributed by atoms with Gasteiger partial charge in [-0.2, -0.15) is 4.39 Å². The predicted octanol–water partition coefficient (Wildman–Crippen LogP) is 1.41. The molecule has 0 saturated heterocycles. The van der Waals surface area contributed by atoms with Gasteiger partial charge >= 0.3 is 0 Å². The van der Waals surface area contributed by atoms with Crippen molar-refractivity contribution in [2.45, 2.75) is 5.33 Å². The van der Waals surface area contributed by atoms with Crippen LogP contribution in [0.2, 0.25) is 0 Å². The van der Waals surface area contributed by atoms with Crippen molar-refractivity contribution in [3.05, 3.63) is 34.0 Å². The quantitative estimate of drug-likeness (QED) is 0.546. The van der Waals surface area contributed by atoms with Crippen molar-refractivity contribution >= 4 is 15.9 Å². The molecule has 0 aliphatic carbocycles. The Hall–Kier alpha value is -0.640. The highest BCUT2D eigenvalue weighted by atomic mass is 79.9. The highest BCUT2D eigenvalue weighted by Crippen LogP contribution is 1.98. The number of H-pyrrole nitrogens is 1. The molecule has 1 rings (SSSR count). The summed E-state index contributed by atoms with van der Waals surface area (Å²) >= 11 is 3.09. The van der Waals surface area contributed by atoms with E-state index < -0.39 is 5.95 Å². The molecule has 1 heterocycles. The van der Waals surface area contributed by atoms with Crippen LogP contribution >= 0.6 is 15.9 Å². The Morgan fingerprint density at radius 2 is 2.30 bits per heavy atom. The van der Waals surface area contributed by atoms with Crippen LogP contribution in [0.1, 0.15) is 5.69 Å². The summed E-state index contributed by atoms with van der Waals surface area (Å²) in [7, 11) is 0. The summed E-state index contributed by atoms with van der Waals surface area (Å²) in [4.78, 5) is 13.0. The Labute approximate surface area is 65.2 Å². The first-order chi connectivity index (χ1) is 4.72. The van der Waals surface area contributed by atoms with Gasteiger partial charge in [-0.05, 0) is 0 Å². The van der Waals surface area contributed by atoms with Crippen molar-refractivity contribution in [3.63, 3.8) is 0 Å². The molecular weight excluding hydrogens is 201 g/mol. The van der Waals surface area contributed by atoms with Crippen molar-refractivity contribution in [3.8, 4) is 0 Å². The fourth-order valence-corrected chi connectivity index (χ4v) is 0.938. The Balaban J connectivity index is 3.19. The Morgan fingerprint density at radius 1 is 1.60 bits per heavy atom. The van der Waals surface area contributed by atoms with Crippen molar-refractivity contribution < 1.29 is 4.39 Å². The summed E-state index contributed by atoms with van der Waals surface area (Å²) in [6.07, 6.45) is 0. The van der Waals surface area contributed by atoms with E-state index in [2.05, 4.69) is 20.9 Å². The van der Waals surface area contributed by atoms with E-state index in [0.29, 0.717) is 11.0 Å². The summed E-state index contributed by atoms with van der Waals surface area (Å²) in [5, 5.41) is 0.458. The molecule has 0 atom stereocenters. The van der Waals surface area contributed by atoms with Crippen LogP contribution in [-0.2, 0) is 5.33 Å². The first-order valence-corrected chi connectivity index (χ1v) is 3.79. The van der Waals surface area contributed by atoms with Crippen LogP contribution in [0.3, 0.4) is 0 Å². The van der Waals surface area contributed by atoms with Crippen molar-refractivity contribution in [1.82, 2.24) is 4.98 Å². The minimum absolute atomic E-state index is 0.314. The normalized spacial score (nSPS) is 9.80. The molecule has 1 N–H and O–H groups in total. The second kappa shape index (κ2) is 2.96. The molecule has 0 radical (unpaired) electrons. The highest BCUT2D eigenvalue weighted by Gasteiger charge is 1.94. The molecule has 0 bridgehead atoms. The lowest BCUT2D eigenvalue weighted by Gasteiger charge is -1.93. The number of aromatic nitrogens is 1. The lowest BCUT2D eigenvalue weighted by atomic mass is 10.4. The summed E-state index contributed by atoms with van der Waals surface area (Å²) < 4.78 is 12.3. The fraction of sp³-hybridized carbons (Fsp3) is 0.167. The summed E-state index contributed by atoms with van der Waals surface area (Å²) in [6.45, 7) is 0. The lowest BCUT2D eigenvalue weighted by Crippen LogP contribution is -2.03. The summed E-state index contributed by atoms with van der Waals surface area (Å²) in [5.74, 6) is -0.595. The molecule has 0 fully saturated rings. The van der Waals surface area contributed by atoms with Crippen molar-refractivity contribution in [2.75, 3.05) is 0 Å². The number of alkyl halides is 1. The first-order valence-electron chi connectivity index (χ1n) is 2.67. The summed E-state index contributed by atoms with van der Waals surface area (Å²) in [6, 6.07) is 2.25. The van der Waals surface area contributed by atoms with E-state index in [4.69, 9.17) is 0 Å². The monoisotopic (exact) mass is 205 g/mol. The van der Waals surface area contributed by atoms with E-state index in [1.54, 1.807) is 0 Å². The van der Waals surface area contributed by atoms with Gasteiger partial charge in [0.15, 0.2) is 11.4 Å². The third-order valence-electron chi connectivity index (χ3n) is 1.01. The van der Waals surface area contributed by atoms with Gasteiger partial charge in [-0.25, -0.2) is 0 Å². The van der Waals surface area contributed by atoms with Gasteiger partial charge in [0.05, 0.1) is 0 Å². The van der Waals surface area contributed by atoms with Gasteiger partial charge in [0, 0.05) is 23.2 Å². The number of rotatable bonds is 1. The van der Waals surface area contributed by atoms with Gasteiger partial charge < -0.3 is 4.98 Å². The smallest absolute Gasteiger partial charge is 0.195 e. The second-order valence-electron chi connectivity index (χ2n) is 1.82. The number of halogens is 2. The van der Waals surface area contributed by atoms with Crippen LogP contribution in [0, 0.1) is 5.95 Å². The van der Waals surface area contributed by atoms with Gasteiger partial charge in [0.25, 0.3) is 0 Å². The van der Waals surface area contributed by atoms with Crippen LogP contribution in [0.25, 0.3) is 0 Å². The summed E-state index contributed by atoms with van der Waals surface area (Å²) in [5.41, 5.74) is 0.232. The minimum atomic E-state index is -0.595. The van der Waals surface area contributed by atoms with Crippen LogP contribution in [-0.4, -0.2) is 4.98 Å². The zero-order valence-corrected chi connectivity index (χ0v) is 6.61. The molecule has 0 aliphatic heterocycles. The molecule has 0 amide bonds. The molecule has 0 spiro atoms. The standard InChI is InChI=1S/C6H5BrFNO/c7-3-4-1-5(10)2-6(8)9-4/h1-2H,3H2,(H,9,10). The number of nitrogens with one attached hydrogen (secondary N) is 1. The molecule has 0 aromatic carbocycles. The largest absolute Gasteiger partial charge is 0.335 e. The van der Waals surface area contributed by atoms with E-state index in [-0.39, 0.29) is 5.43 Å². The first kappa shape index (κ1) is 7.47. The topological polar surface area (TPSA) is 32.9 Å². The third-order valence-corrected chi connectivity index (χ3v) is 1.61. The molecule has 1 aromatic rings. The van der Waals surface area contributed by atoms with E-state index in [9.17, 15) is 9.18 Å². The van der Waals surface area contributed by atoms with Gasteiger partial charge in [-0.3, -0.25) is 4.79 Å². The molecule has 2 nitrogen and oxygen atoms in total. The lowest BCUT2D eigenvalue weighted by molar-refractivity contribution is 0.578. The molecule has 0 saturated carbocycles. The molecule has 1 aromatic heterocycles. The van der Waals surface area contributed by atoms with Crippen LogP contribution in [0.5, 0.6) is 0 Å². The molecule has 4 heteroatoms. The van der Waals surface area contributed by atoms with Crippen LogP contribution in [0.15, 0.2) is 16.9 Å². The van der Waals surface area contributed by atoms with Crippen LogP contribution in [0.4, 0.5) is 4.39 Å². The van der Waals surface area contributed by atoms with E-state index in [1.807, 2.05) is 0 Å². The zero-order valence-electron chi connectivity index (χ0n) is 5.03. The molecule has 54 valence electrons. The number of pyridine rings is 1. The highest BCUT2D eigenvalue weighted by molar-refractivity contribution is 9.08.